The van der Waals surface area contributed by atoms with Gasteiger partial charge in [0.05, 0.1) is 16.6 Å². The summed E-state index contributed by atoms with van der Waals surface area (Å²) in [7, 11) is 0. The lowest BCUT2D eigenvalue weighted by atomic mass is 10.1. The summed E-state index contributed by atoms with van der Waals surface area (Å²) in [5.41, 5.74) is 4.04. The highest BCUT2D eigenvalue weighted by Crippen LogP contribution is 2.33. The van der Waals surface area contributed by atoms with Crippen LogP contribution in [0.3, 0.4) is 0 Å². The summed E-state index contributed by atoms with van der Waals surface area (Å²) in [6.45, 7) is 4.77. The number of aromatic nitrogens is 1. The normalized spacial score (nSPS) is 12.8. The van der Waals surface area contributed by atoms with Crippen molar-refractivity contribution >= 4 is 17.2 Å². The van der Waals surface area contributed by atoms with Crippen LogP contribution in [0.4, 0.5) is 17.2 Å². The minimum atomic E-state index is -0.499. The van der Waals surface area contributed by atoms with Gasteiger partial charge in [-0.15, -0.1) is 0 Å². The molecule has 32 heavy (non-hydrogen) atoms. The van der Waals surface area contributed by atoms with Crippen molar-refractivity contribution in [3.05, 3.63) is 80.9 Å². The molecule has 162 valence electrons. The van der Waals surface area contributed by atoms with E-state index in [9.17, 15) is 10.1 Å². The number of anilines is 2. The van der Waals surface area contributed by atoms with Crippen LogP contribution in [0.2, 0.25) is 0 Å². The highest BCUT2D eigenvalue weighted by Gasteiger charge is 2.21. The fourth-order valence-corrected chi connectivity index (χ4v) is 3.45. The first-order chi connectivity index (χ1) is 15.4. The van der Waals surface area contributed by atoms with Crippen LogP contribution in [0.5, 0.6) is 11.6 Å². The Hall–Kier alpha value is -3.96. The van der Waals surface area contributed by atoms with Crippen LogP contribution in [0, 0.1) is 35.3 Å². The highest BCUT2D eigenvalue weighted by molar-refractivity contribution is 5.66. The molecule has 0 saturated heterocycles. The Morgan fingerprint density at radius 2 is 1.84 bits per heavy atom. The van der Waals surface area contributed by atoms with Gasteiger partial charge in [-0.3, -0.25) is 10.1 Å². The SMILES string of the molecule is Cc1cc(CNC2CC2)cc(C)c1Oc1ccc([N+](=O)[O-])c(Nc2ccc(C#N)cc2)n1. The number of hydrogen-bond donors (Lipinski definition) is 2. The van der Waals surface area contributed by atoms with Crippen molar-refractivity contribution in [1.82, 2.24) is 10.3 Å². The molecular weight excluding hydrogens is 406 g/mol. The quantitative estimate of drug-likeness (QED) is 0.370. The van der Waals surface area contributed by atoms with Crippen LogP contribution in [0.15, 0.2) is 48.5 Å². The van der Waals surface area contributed by atoms with Gasteiger partial charge in [-0.05, 0) is 67.6 Å². The lowest BCUT2D eigenvalue weighted by molar-refractivity contribution is -0.384. The number of nitriles is 1. The standard InChI is InChI=1S/C24H23N5O3/c1-15-11-18(14-26-19-7-8-19)12-16(2)23(15)32-22-10-9-21(29(30)31)24(28-22)27-20-5-3-17(13-25)4-6-20/h3-6,9-12,19,26H,7-8,14H2,1-2H3,(H,27,28). The molecule has 2 aromatic carbocycles. The van der Waals surface area contributed by atoms with E-state index in [0.29, 0.717) is 23.0 Å². The van der Waals surface area contributed by atoms with Gasteiger partial charge in [-0.25, -0.2) is 0 Å². The van der Waals surface area contributed by atoms with Gasteiger partial charge in [0.25, 0.3) is 0 Å². The third-order valence-corrected chi connectivity index (χ3v) is 5.22. The van der Waals surface area contributed by atoms with Gasteiger partial charge in [0.2, 0.25) is 11.7 Å². The minimum Gasteiger partial charge on any atom is -0.438 e. The molecule has 1 fully saturated rings. The molecule has 4 rings (SSSR count). The Morgan fingerprint density at radius 3 is 2.44 bits per heavy atom. The number of nitrogens with zero attached hydrogens (tertiary/aromatic N) is 3. The summed E-state index contributed by atoms with van der Waals surface area (Å²) in [6.07, 6.45) is 2.48. The predicted molar refractivity (Wildman–Crippen MR) is 121 cm³/mol. The van der Waals surface area contributed by atoms with Gasteiger partial charge in [0, 0.05) is 30.4 Å². The zero-order valence-corrected chi connectivity index (χ0v) is 17.9. The van der Waals surface area contributed by atoms with Crippen molar-refractivity contribution in [1.29, 1.82) is 5.26 Å². The van der Waals surface area contributed by atoms with Crippen molar-refractivity contribution < 1.29 is 9.66 Å². The van der Waals surface area contributed by atoms with E-state index in [4.69, 9.17) is 10.00 Å². The molecule has 1 heterocycles. The Labute approximate surface area is 186 Å². The molecule has 3 aromatic rings. The average molecular weight is 429 g/mol. The molecule has 0 bridgehead atoms. The minimum absolute atomic E-state index is 0.0674. The highest BCUT2D eigenvalue weighted by atomic mass is 16.6. The number of aryl methyl sites for hydroxylation is 2. The van der Waals surface area contributed by atoms with E-state index in [-0.39, 0.29) is 17.4 Å². The summed E-state index contributed by atoms with van der Waals surface area (Å²) in [5.74, 6) is 1.01. The average Bonchev–Trinajstić information content (AvgIpc) is 3.60. The Bertz CT molecular complexity index is 1170. The third kappa shape index (κ3) is 5.02. The van der Waals surface area contributed by atoms with E-state index in [0.717, 1.165) is 17.7 Å². The molecular formula is C24H23N5O3. The molecule has 0 amide bonds. The number of benzene rings is 2. The summed E-state index contributed by atoms with van der Waals surface area (Å²) < 4.78 is 6.05. The zero-order valence-electron chi connectivity index (χ0n) is 17.9. The van der Waals surface area contributed by atoms with Crippen molar-refractivity contribution in [2.45, 2.75) is 39.3 Å². The fourth-order valence-electron chi connectivity index (χ4n) is 3.45. The Kier molecular flexibility index (Phi) is 6.01. The number of hydrogen-bond acceptors (Lipinski definition) is 7. The molecule has 1 aromatic heterocycles. The lowest BCUT2D eigenvalue weighted by Crippen LogP contribution is -2.15. The van der Waals surface area contributed by atoms with Crippen LogP contribution in [0.1, 0.15) is 35.1 Å². The van der Waals surface area contributed by atoms with Crippen LogP contribution >= 0.6 is 0 Å². The van der Waals surface area contributed by atoms with E-state index in [1.165, 1.54) is 30.5 Å². The lowest BCUT2D eigenvalue weighted by Gasteiger charge is -2.14. The fraction of sp³-hybridized carbons (Fsp3) is 0.250. The second-order valence-electron chi connectivity index (χ2n) is 7.90. The van der Waals surface area contributed by atoms with Crippen LogP contribution in [0.25, 0.3) is 0 Å². The van der Waals surface area contributed by atoms with Crippen molar-refractivity contribution in [2.24, 2.45) is 0 Å². The van der Waals surface area contributed by atoms with Crippen LogP contribution < -0.4 is 15.4 Å². The Balaban J connectivity index is 1.57. The molecule has 1 saturated carbocycles. The summed E-state index contributed by atoms with van der Waals surface area (Å²) in [6, 6.07) is 16.3. The molecule has 0 unspecified atom stereocenters. The number of rotatable bonds is 8. The first-order valence-electron chi connectivity index (χ1n) is 10.4. The van der Waals surface area contributed by atoms with Crippen LogP contribution in [-0.2, 0) is 6.54 Å². The van der Waals surface area contributed by atoms with Crippen molar-refractivity contribution in [3.8, 4) is 17.7 Å². The summed E-state index contributed by atoms with van der Waals surface area (Å²) >= 11 is 0. The second kappa shape index (κ2) is 9.04. The summed E-state index contributed by atoms with van der Waals surface area (Å²) in [4.78, 5) is 15.3. The Morgan fingerprint density at radius 1 is 1.16 bits per heavy atom. The van der Waals surface area contributed by atoms with E-state index in [1.54, 1.807) is 24.3 Å². The van der Waals surface area contributed by atoms with Crippen LogP contribution in [-0.4, -0.2) is 15.9 Å². The van der Waals surface area contributed by atoms with Gasteiger partial charge < -0.3 is 15.4 Å². The first kappa shape index (κ1) is 21.3. The molecule has 2 N–H and O–H groups in total. The van der Waals surface area contributed by atoms with Gasteiger partial charge in [-0.2, -0.15) is 10.2 Å². The van der Waals surface area contributed by atoms with Gasteiger partial charge >= 0.3 is 5.69 Å². The molecule has 0 atom stereocenters. The van der Waals surface area contributed by atoms with E-state index < -0.39 is 4.92 Å². The van der Waals surface area contributed by atoms with E-state index in [2.05, 4.69) is 27.8 Å². The van der Waals surface area contributed by atoms with Gasteiger partial charge in [0.1, 0.15) is 5.75 Å². The smallest absolute Gasteiger partial charge is 0.311 e. The molecule has 1 aliphatic rings. The maximum absolute atomic E-state index is 11.5. The second-order valence-corrected chi connectivity index (χ2v) is 7.90. The largest absolute Gasteiger partial charge is 0.438 e. The number of pyridine rings is 1. The zero-order chi connectivity index (χ0) is 22.7. The summed E-state index contributed by atoms with van der Waals surface area (Å²) in [5, 5.41) is 26.9. The predicted octanol–water partition coefficient (Wildman–Crippen LogP) is 5.27. The molecule has 8 heteroatoms. The molecule has 8 nitrogen and oxygen atoms in total. The van der Waals surface area contributed by atoms with Crippen molar-refractivity contribution in [3.63, 3.8) is 0 Å². The maximum Gasteiger partial charge on any atom is 0.311 e. The number of nitro groups is 1. The first-order valence-corrected chi connectivity index (χ1v) is 10.4. The topological polar surface area (TPSA) is 113 Å². The van der Waals surface area contributed by atoms with Gasteiger partial charge in [-0.1, -0.05) is 12.1 Å². The third-order valence-electron chi connectivity index (χ3n) is 5.22. The van der Waals surface area contributed by atoms with E-state index >= 15 is 0 Å². The molecule has 0 radical (unpaired) electrons. The monoisotopic (exact) mass is 429 g/mol. The number of nitrogens with one attached hydrogen (secondary N) is 2. The molecule has 1 aliphatic carbocycles. The molecule has 0 spiro atoms. The molecule has 0 aliphatic heterocycles. The van der Waals surface area contributed by atoms with E-state index in [1.807, 2.05) is 19.9 Å². The van der Waals surface area contributed by atoms with Gasteiger partial charge in [0.15, 0.2) is 0 Å². The number of ether oxygens (including phenoxy) is 1. The maximum atomic E-state index is 11.5. The van der Waals surface area contributed by atoms with Crippen molar-refractivity contribution in [2.75, 3.05) is 5.32 Å².